The molecular weight excluding hydrogens is 306 g/mol. The summed E-state index contributed by atoms with van der Waals surface area (Å²) in [5.41, 5.74) is 3.52. The number of carbonyl (C=O) groups is 1. The van der Waals surface area contributed by atoms with Crippen molar-refractivity contribution in [2.45, 2.75) is 34.2 Å². The van der Waals surface area contributed by atoms with Crippen molar-refractivity contribution in [2.75, 3.05) is 5.32 Å². The minimum absolute atomic E-state index is 0.0980. The number of anilines is 1. The van der Waals surface area contributed by atoms with Crippen molar-refractivity contribution in [3.63, 3.8) is 0 Å². The van der Waals surface area contributed by atoms with E-state index in [0.29, 0.717) is 16.9 Å². The molecule has 6 heteroatoms. The first-order chi connectivity index (χ1) is 11.4. The number of nitrogens with one attached hydrogen (secondary N) is 1. The molecule has 3 aromatic rings. The fourth-order valence-electron chi connectivity index (χ4n) is 2.73. The molecule has 0 aliphatic carbocycles. The van der Waals surface area contributed by atoms with Gasteiger partial charge in [0.25, 0.3) is 5.56 Å². The Morgan fingerprint density at radius 2 is 1.88 bits per heavy atom. The van der Waals surface area contributed by atoms with Crippen molar-refractivity contribution in [3.8, 4) is 0 Å². The van der Waals surface area contributed by atoms with E-state index in [1.54, 1.807) is 6.92 Å². The van der Waals surface area contributed by atoms with Gasteiger partial charge in [0, 0.05) is 11.3 Å². The highest BCUT2D eigenvalue weighted by molar-refractivity contribution is 5.92. The van der Waals surface area contributed by atoms with Gasteiger partial charge in [-0.3, -0.25) is 14.2 Å². The molecule has 0 aliphatic heterocycles. The Hall–Kier alpha value is -2.89. The SMILES string of the molecule is Cc1cccc(C)c1NC(=O)Cn1cnc2oc(C)c(C)c2c1=O. The van der Waals surface area contributed by atoms with Gasteiger partial charge in [-0.1, -0.05) is 18.2 Å². The van der Waals surface area contributed by atoms with Crippen LogP contribution < -0.4 is 10.9 Å². The molecule has 124 valence electrons. The highest BCUT2D eigenvalue weighted by Crippen LogP contribution is 2.20. The molecule has 6 nitrogen and oxygen atoms in total. The lowest BCUT2D eigenvalue weighted by Gasteiger charge is -2.12. The highest BCUT2D eigenvalue weighted by atomic mass is 16.3. The summed E-state index contributed by atoms with van der Waals surface area (Å²) in [7, 11) is 0. The number of hydrogen-bond donors (Lipinski definition) is 1. The van der Waals surface area contributed by atoms with E-state index >= 15 is 0 Å². The normalized spacial score (nSPS) is 11.0. The Morgan fingerprint density at radius 1 is 1.21 bits per heavy atom. The van der Waals surface area contributed by atoms with Crippen molar-refractivity contribution >= 4 is 22.7 Å². The maximum atomic E-state index is 12.6. The molecule has 2 aromatic heterocycles. The summed E-state index contributed by atoms with van der Waals surface area (Å²) in [5.74, 6) is 0.390. The summed E-state index contributed by atoms with van der Waals surface area (Å²) in [6.07, 6.45) is 1.34. The van der Waals surface area contributed by atoms with Gasteiger partial charge in [-0.25, -0.2) is 4.98 Å². The van der Waals surface area contributed by atoms with Gasteiger partial charge in [0.1, 0.15) is 24.0 Å². The number of furan rings is 1. The number of nitrogens with zero attached hydrogens (tertiary/aromatic N) is 2. The van der Waals surface area contributed by atoms with E-state index in [9.17, 15) is 9.59 Å². The van der Waals surface area contributed by atoms with Crippen LogP contribution in [-0.2, 0) is 11.3 Å². The van der Waals surface area contributed by atoms with Crippen LogP contribution in [0.15, 0.2) is 33.7 Å². The van der Waals surface area contributed by atoms with E-state index in [-0.39, 0.29) is 18.0 Å². The van der Waals surface area contributed by atoms with E-state index in [1.807, 2.05) is 39.0 Å². The topological polar surface area (TPSA) is 77.1 Å². The number of fused-ring (bicyclic) bond motifs is 1. The van der Waals surface area contributed by atoms with Crippen LogP contribution in [-0.4, -0.2) is 15.5 Å². The number of benzene rings is 1. The molecule has 0 radical (unpaired) electrons. The predicted octanol–water partition coefficient (Wildman–Crippen LogP) is 2.86. The van der Waals surface area contributed by atoms with Crippen LogP contribution in [0.2, 0.25) is 0 Å². The largest absolute Gasteiger partial charge is 0.443 e. The third-order valence-electron chi connectivity index (χ3n) is 4.22. The Kier molecular flexibility index (Phi) is 3.97. The first-order valence-electron chi connectivity index (χ1n) is 7.69. The average molecular weight is 325 g/mol. The van der Waals surface area contributed by atoms with Crippen molar-refractivity contribution in [1.29, 1.82) is 0 Å². The van der Waals surface area contributed by atoms with Crippen LogP contribution in [0.1, 0.15) is 22.5 Å². The average Bonchev–Trinajstić information content (AvgIpc) is 2.82. The van der Waals surface area contributed by atoms with Crippen molar-refractivity contribution in [1.82, 2.24) is 9.55 Å². The molecule has 3 rings (SSSR count). The van der Waals surface area contributed by atoms with Crippen LogP contribution in [0.5, 0.6) is 0 Å². The summed E-state index contributed by atoms with van der Waals surface area (Å²) in [5, 5.41) is 3.30. The molecule has 0 saturated heterocycles. The molecule has 2 heterocycles. The molecule has 0 atom stereocenters. The van der Waals surface area contributed by atoms with Gasteiger partial charge >= 0.3 is 0 Å². The van der Waals surface area contributed by atoms with Gasteiger partial charge in [0.2, 0.25) is 11.6 Å². The van der Waals surface area contributed by atoms with E-state index < -0.39 is 0 Å². The Morgan fingerprint density at radius 3 is 2.54 bits per heavy atom. The van der Waals surface area contributed by atoms with Gasteiger partial charge in [-0.15, -0.1) is 0 Å². The van der Waals surface area contributed by atoms with Crippen molar-refractivity contribution < 1.29 is 9.21 Å². The molecule has 0 saturated carbocycles. The number of para-hydroxylation sites is 1. The van der Waals surface area contributed by atoms with Crippen LogP contribution in [0.25, 0.3) is 11.1 Å². The number of amides is 1. The number of hydrogen-bond acceptors (Lipinski definition) is 4. The Bertz CT molecular complexity index is 978. The first-order valence-corrected chi connectivity index (χ1v) is 7.69. The second kappa shape index (κ2) is 5.96. The molecule has 0 unspecified atom stereocenters. The third kappa shape index (κ3) is 2.71. The second-order valence-corrected chi connectivity index (χ2v) is 5.96. The first kappa shape index (κ1) is 16.0. The molecule has 0 aliphatic rings. The second-order valence-electron chi connectivity index (χ2n) is 5.96. The van der Waals surface area contributed by atoms with Gasteiger partial charge in [-0.05, 0) is 38.8 Å². The number of aryl methyl sites for hydroxylation is 4. The van der Waals surface area contributed by atoms with Crippen LogP contribution in [0.4, 0.5) is 5.69 Å². The highest BCUT2D eigenvalue weighted by Gasteiger charge is 2.15. The fraction of sp³-hybridized carbons (Fsp3) is 0.278. The van der Waals surface area contributed by atoms with Crippen molar-refractivity contribution in [2.24, 2.45) is 0 Å². The molecular formula is C18H19N3O3. The summed E-state index contributed by atoms with van der Waals surface area (Å²) in [6.45, 7) is 7.36. The summed E-state index contributed by atoms with van der Waals surface area (Å²) in [6, 6.07) is 5.80. The minimum atomic E-state index is -0.272. The maximum absolute atomic E-state index is 12.6. The Labute approximate surface area is 139 Å². The number of carbonyl (C=O) groups excluding carboxylic acids is 1. The molecule has 0 spiro atoms. The minimum Gasteiger partial charge on any atom is -0.443 e. The van der Waals surface area contributed by atoms with Gasteiger partial charge in [0.05, 0.1) is 0 Å². The molecule has 1 aromatic carbocycles. The molecule has 24 heavy (non-hydrogen) atoms. The van der Waals surface area contributed by atoms with E-state index in [1.165, 1.54) is 10.9 Å². The van der Waals surface area contributed by atoms with E-state index in [4.69, 9.17) is 4.42 Å². The van der Waals surface area contributed by atoms with Gasteiger partial charge in [0.15, 0.2) is 0 Å². The smallest absolute Gasteiger partial charge is 0.265 e. The summed E-state index contributed by atoms with van der Waals surface area (Å²) >= 11 is 0. The van der Waals surface area contributed by atoms with E-state index in [2.05, 4.69) is 10.3 Å². The monoisotopic (exact) mass is 325 g/mol. The number of aromatic nitrogens is 2. The zero-order valence-electron chi connectivity index (χ0n) is 14.1. The van der Waals surface area contributed by atoms with Crippen LogP contribution >= 0.6 is 0 Å². The maximum Gasteiger partial charge on any atom is 0.265 e. The Balaban J connectivity index is 1.90. The molecule has 0 fully saturated rings. The lowest BCUT2D eigenvalue weighted by Crippen LogP contribution is -2.28. The standard InChI is InChI=1S/C18H19N3O3/c1-10-6-5-7-11(2)16(10)20-14(22)8-21-9-19-17-15(18(21)23)12(3)13(4)24-17/h5-7,9H,8H2,1-4H3,(H,20,22). The molecule has 0 bridgehead atoms. The van der Waals surface area contributed by atoms with Crippen molar-refractivity contribution in [3.05, 3.63) is 57.3 Å². The molecule has 1 N–H and O–H groups in total. The van der Waals surface area contributed by atoms with Gasteiger partial charge in [-0.2, -0.15) is 0 Å². The molecule has 1 amide bonds. The summed E-state index contributed by atoms with van der Waals surface area (Å²) in [4.78, 5) is 29.0. The zero-order valence-corrected chi connectivity index (χ0v) is 14.1. The zero-order chi connectivity index (χ0) is 17.4. The lowest BCUT2D eigenvalue weighted by atomic mass is 10.1. The third-order valence-corrected chi connectivity index (χ3v) is 4.22. The van der Waals surface area contributed by atoms with E-state index in [0.717, 1.165) is 22.4 Å². The fourth-order valence-corrected chi connectivity index (χ4v) is 2.73. The predicted molar refractivity (Wildman–Crippen MR) is 92.3 cm³/mol. The summed E-state index contributed by atoms with van der Waals surface area (Å²) < 4.78 is 6.74. The quantitative estimate of drug-likeness (QED) is 0.803. The van der Waals surface area contributed by atoms with Crippen LogP contribution in [0, 0.1) is 27.7 Å². The lowest BCUT2D eigenvalue weighted by molar-refractivity contribution is -0.116. The van der Waals surface area contributed by atoms with Crippen LogP contribution in [0.3, 0.4) is 0 Å². The van der Waals surface area contributed by atoms with Gasteiger partial charge < -0.3 is 9.73 Å². The number of rotatable bonds is 3.